The van der Waals surface area contributed by atoms with E-state index in [9.17, 15) is 9.90 Å². The molecule has 5 heteroatoms. The highest BCUT2D eigenvalue weighted by Crippen LogP contribution is 2.20. The van der Waals surface area contributed by atoms with Crippen molar-refractivity contribution in [3.8, 4) is 0 Å². The summed E-state index contributed by atoms with van der Waals surface area (Å²) in [5, 5.41) is 15.2. The van der Waals surface area contributed by atoms with Crippen molar-refractivity contribution in [2.24, 2.45) is 0 Å². The van der Waals surface area contributed by atoms with Crippen molar-refractivity contribution in [2.45, 2.75) is 65.7 Å². The third kappa shape index (κ3) is 6.20. The zero-order chi connectivity index (χ0) is 17.5. The summed E-state index contributed by atoms with van der Waals surface area (Å²) in [6, 6.07) is 5.46. The van der Waals surface area contributed by atoms with Crippen molar-refractivity contribution in [3.05, 3.63) is 29.3 Å². The second-order valence-corrected chi connectivity index (χ2v) is 6.50. The molecule has 0 saturated carbocycles. The van der Waals surface area contributed by atoms with E-state index in [-0.39, 0.29) is 18.7 Å². The molecule has 0 saturated heterocycles. The van der Waals surface area contributed by atoms with Crippen LogP contribution < -0.4 is 10.6 Å². The van der Waals surface area contributed by atoms with E-state index in [0.29, 0.717) is 6.61 Å². The zero-order valence-corrected chi connectivity index (χ0v) is 14.9. The fourth-order valence-corrected chi connectivity index (χ4v) is 2.39. The number of anilines is 1. The third-order valence-corrected chi connectivity index (χ3v) is 3.83. The molecule has 0 heterocycles. The maximum absolute atomic E-state index is 12.2. The lowest BCUT2D eigenvalue weighted by Gasteiger charge is -2.28. The number of amides is 2. The summed E-state index contributed by atoms with van der Waals surface area (Å²) in [6.45, 7) is 10.3. The summed E-state index contributed by atoms with van der Waals surface area (Å²) in [4.78, 5) is 12.2. The van der Waals surface area contributed by atoms with Crippen molar-refractivity contribution >= 4 is 11.7 Å². The summed E-state index contributed by atoms with van der Waals surface area (Å²) in [5.41, 5.74) is 2.19. The number of carbonyl (C=O) groups excluding carboxylic acids is 1. The van der Waals surface area contributed by atoms with Crippen LogP contribution in [0.25, 0.3) is 0 Å². The molecule has 5 nitrogen and oxygen atoms in total. The van der Waals surface area contributed by atoms with Gasteiger partial charge >= 0.3 is 6.03 Å². The van der Waals surface area contributed by atoms with Gasteiger partial charge in [-0.05, 0) is 51.3 Å². The Morgan fingerprint density at radius 1 is 1.39 bits per heavy atom. The van der Waals surface area contributed by atoms with Crippen LogP contribution in [0, 0.1) is 6.92 Å². The number of aliphatic hydroxyl groups excluding tert-OH is 1. The summed E-state index contributed by atoms with van der Waals surface area (Å²) in [5.74, 6) is 0. The van der Waals surface area contributed by atoms with Gasteiger partial charge in [0.05, 0.1) is 24.9 Å². The van der Waals surface area contributed by atoms with Gasteiger partial charge < -0.3 is 20.5 Å². The minimum Gasteiger partial charge on any atom is -0.394 e. The van der Waals surface area contributed by atoms with Crippen LogP contribution in [0.4, 0.5) is 10.5 Å². The van der Waals surface area contributed by atoms with Gasteiger partial charge in [0.1, 0.15) is 0 Å². The molecule has 130 valence electrons. The normalized spacial score (nSPS) is 13.7. The van der Waals surface area contributed by atoms with E-state index in [0.717, 1.165) is 29.7 Å². The minimum atomic E-state index is -0.606. The average molecular weight is 322 g/mol. The second-order valence-electron chi connectivity index (χ2n) is 6.50. The first-order chi connectivity index (χ1) is 10.8. The van der Waals surface area contributed by atoms with Gasteiger partial charge in [0.25, 0.3) is 0 Å². The second kappa shape index (κ2) is 8.89. The number of hydrogen-bond acceptors (Lipinski definition) is 3. The van der Waals surface area contributed by atoms with E-state index in [1.54, 1.807) is 0 Å². The lowest BCUT2D eigenvalue weighted by Crippen LogP contribution is -2.50. The molecule has 0 radical (unpaired) electrons. The van der Waals surface area contributed by atoms with Crippen molar-refractivity contribution in [1.29, 1.82) is 0 Å². The summed E-state index contributed by atoms with van der Waals surface area (Å²) in [7, 11) is 0. The number of urea groups is 1. The summed E-state index contributed by atoms with van der Waals surface area (Å²) < 4.78 is 5.64. The largest absolute Gasteiger partial charge is 0.394 e. The molecule has 1 unspecified atom stereocenters. The Hall–Kier alpha value is -1.59. The Morgan fingerprint density at radius 3 is 2.65 bits per heavy atom. The Bertz CT molecular complexity index is 517. The number of benzene rings is 1. The Labute approximate surface area is 139 Å². The van der Waals surface area contributed by atoms with Crippen LogP contribution in [0.15, 0.2) is 18.2 Å². The van der Waals surface area contributed by atoms with E-state index in [1.165, 1.54) is 0 Å². The topological polar surface area (TPSA) is 70.6 Å². The maximum atomic E-state index is 12.2. The molecule has 2 amide bonds. The van der Waals surface area contributed by atoms with Crippen LogP contribution >= 0.6 is 0 Å². The van der Waals surface area contributed by atoms with E-state index in [2.05, 4.69) is 10.6 Å². The highest BCUT2D eigenvalue weighted by atomic mass is 16.5. The molecule has 1 atom stereocenters. The Kier molecular flexibility index (Phi) is 7.52. The summed E-state index contributed by atoms with van der Waals surface area (Å²) >= 11 is 0. The molecular formula is C18H30N2O3. The lowest BCUT2D eigenvalue weighted by molar-refractivity contribution is 0.0654. The Morgan fingerprint density at radius 2 is 2.09 bits per heavy atom. The molecule has 0 aromatic heterocycles. The number of nitrogens with one attached hydrogen (secondary N) is 2. The predicted molar refractivity (Wildman–Crippen MR) is 93.7 cm³/mol. The van der Waals surface area contributed by atoms with Crippen molar-refractivity contribution in [1.82, 2.24) is 5.32 Å². The van der Waals surface area contributed by atoms with Gasteiger partial charge in [-0.1, -0.05) is 25.5 Å². The van der Waals surface area contributed by atoms with Crippen LogP contribution in [-0.2, 0) is 11.3 Å². The first-order valence-electron chi connectivity index (χ1n) is 8.21. The SMILES string of the molecule is CCCC(C)(CO)NC(=O)Nc1cccc(COC(C)C)c1C. The van der Waals surface area contributed by atoms with Gasteiger partial charge in [-0.25, -0.2) is 4.79 Å². The van der Waals surface area contributed by atoms with Gasteiger partial charge in [-0.15, -0.1) is 0 Å². The fourth-order valence-electron chi connectivity index (χ4n) is 2.39. The van der Waals surface area contributed by atoms with Crippen LogP contribution in [0.3, 0.4) is 0 Å². The smallest absolute Gasteiger partial charge is 0.319 e. The molecular weight excluding hydrogens is 292 g/mol. The van der Waals surface area contributed by atoms with E-state index in [4.69, 9.17) is 4.74 Å². The predicted octanol–water partition coefficient (Wildman–Crippen LogP) is 3.59. The van der Waals surface area contributed by atoms with Gasteiger partial charge in [0, 0.05) is 5.69 Å². The van der Waals surface area contributed by atoms with Crippen molar-refractivity contribution in [2.75, 3.05) is 11.9 Å². The third-order valence-electron chi connectivity index (χ3n) is 3.83. The average Bonchev–Trinajstić information content (AvgIpc) is 2.48. The molecule has 1 rings (SSSR count). The first kappa shape index (κ1) is 19.5. The molecule has 0 spiro atoms. The number of ether oxygens (including phenoxy) is 1. The molecule has 1 aromatic rings. The van der Waals surface area contributed by atoms with E-state index >= 15 is 0 Å². The number of aliphatic hydroxyl groups is 1. The maximum Gasteiger partial charge on any atom is 0.319 e. The number of carbonyl (C=O) groups is 1. The van der Waals surface area contributed by atoms with E-state index in [1.807, 2.05) is 52.8 Å². The van der Waals surface area contributed by atoms with Crippen LogP contribution in [0.5, 0.6) is 0 Å². The molecule has 0 fully saturated rings. The molecule has 0 bridgehead atoms. The van der Waals surface area contributed by atoms with Crippen molar-refractivity contribution in [3.63, 3.8) is 0 Å². The van der Waals surface area contributed by atoms with Gasteiger partial charge in [0.2, 0.25) is 0 Å². The molecule has 23 heavy (non-hydrogen) atoms. The Balaban J connectivity index is 2.76. The molecule has 1 aromatic carbocycles. The zero-order valence-electron chi connectivity index (χ0n) is 14.9. The molecule has 0 aliphatic carbocycles. The highest BCUT2D eigenvalue weighted by Gasteiger charge is 2.24. The van der Waals surface area contributed by atoms with Gasteiger partial charge in [0.15, 0.2) is 0 Å². The fraction of sp³-hybridized carbons (Fsp3) is 0.611. The highest BCUT2D eigenvalue weighted by molar-refractivity contribution is 5.90. The van der Waals surface area contributed by atoms with Gasteiger partial charge in [-0.2, -0.15) is 0 Å². The van der Waals surface area contributed by atoms with Crippen molar-refractivity contribution < 1.29 is 14.6 Å². The van der Waals surface area contributed by atoms with Crippen LogP contribution in [-0.4, -0.2) is 29.4 Å². The van der Waals surface area contributed by atoms with E-state index < -0.39 is 5.54 Å². The standard InChI is InChI=1S/C18H30N2O3/c1-6-10-18(5,12-21)20-17(22)19-16-9-7-8-15(14(16)4)11-23-13(2)3/h7-9,13,21H,6,10-12H2,1-5H3,(H2,19,20,22). The summed E-state index contributed by atoms with van der Waals surface area (Å²) in [6.07, 6.45) is 1.77. The van der Waals surface area contributed by atoms with Crippen LogP contribution in [0.1, 0.15) is 51.7 Å². The quantitative estimate of drug-likeness (QED) is 0.685. The molecule has 0 aliphatic heterocycles. The number of hydrogen-bond donors (Lipinski definition) is 3. The van der Waals surface area contributed by atoms with Crippen LogP contribution in [0.2, 0.25) is 0 Å². The minimum absolute atomic E-state index is 0.0878. The molecule has 0 aliphatic rings. The first-order valence-corrected chi connectivity index (χ1v) is 8.21. The van der Waals surface area contributed by atoms with Gasteiger partial charge in [-0.3, -0.25) is 0 Å². The lowest BCUT2D eigenvalue weighted by atomic mass is 9.97. The molecule has 3 N–H and O–H groups in total. The monoisotopic (exact) mass is 322 g/mol. The number of rotatable bonds is 8.